The molecule has 0 aliphatic heterocycles. The summed E-state index contributed by atoms with van der Waals surface area (Å²) in [6.07, 6.45) is 0. The van der Waals surface area contributed by atoms with Crippen molar-refractivity contribution < 1.29 is 9.53 Å². The van der Waals surface area contributed by atoms with Crippen molar-refractivity contribution >= 4 is 39.0 Å². The average molecular weight is 464 g/mol. The molecule has 0 aliphatic rings. The molecule has 1 aromatic carbocycles. The van der Waals surface area contributed by atoms with E-state index in [0.717, 1.165) is 10.1 Å². The van der Waals surface area contributed by atoms with E-state index in [9.17, 15) is 14.4 Å². The molecule has 29 heavy (non-hydrogen) atoms. The Balaban J connectivity index is 2.09. The zero-order chi connectivity index (χ0) is 21.1. The monoisotopic (exact) mass is 463 g/mol. The molecule has 0 amide bonds. The lowest BCUT2D eigenvalue weighted by atomic mass is 10.2. The smallest absolute Gasteiger partial charge is 0.332 e. The summed E-state index contributed by atoms with van der Waals surface area (Å²) in [6, 6.07) is 9.69. The first-order chi connectivity index (χ1) is 13.8. The number of aromatic nitrogens is 4. The highest BCUT2D eigenvalue weighted by Gasteiger charge is 2.24. The van der Waals surface area contributed by atoms with Crippen LogP contribution in [0, 0.1) is 0 Å². The molecular formula is C19H22BrN5O4. The van der Waals surface area contributed by atoms with Gasteiger partial charge in [0, 0.05) is 27.2 Å². The number of imidazole rings is 1. The molecule has 0 saturated carbocycles. The van der Waals surface area contributed by atoms with Gasteiger partial charge in [-0.05, 0) is 12.5 Å². The fourth-order valence-corrected chi connectivity index (χ4v) is 3.43. The van der Waals surface area contributed by atoms with Gasteiger partial charge < -0.3 is 14.6 Å². The summed E-state index contributed by atoms with van der Waals surface area (Å²) < 4.78 is 9.00. The number of hydrogen-bond donors (Lipinski definition) is 1. The maximum atomic E-state index is 12.8. The van der Waals surface area contributed by atoms with Gasteiger partial charge in [-0.3, -0.25) is 18.7 Å². The van der Waals surface area contributed by atoms with Crippen LogP contribution in [0.5, 0.6) is 0 Å². The summed E-state index contributed by atoms with van der Waals surface area (Å²) in [6.45, 7) is 2.55. The van der Waals surface area contributed by atoms with Gasteiger partial charge in [0.25, 0.3) is 5.56 Å². The van der Waals surface area contributed by atoms with Crippen molar-refractivity contribution in [3.8, 4) is 0 Å². The van der Waals surface area contributed by atoms with E-state index < -0.39 is 22.0 Å². The molecule has 3 aromatic rings. The van der Waals surface area contributed by atoms with E-state index in [0.29, 0.717) is 12.5 Å². The highest BCUT2D eigenvalue weighted by molar-refractivity contribution is 9.10. The minimum Gasteiger partial charge on any atom is -0.465 e. The summed E-state index contributed by atoms with van der Waals surface area (Å²) in [7, 11) is 2.97. The molecule has 1 unspecified atom stereocenters. The molecule has 2 heterocycles. The number of benzene rings is 1. The Bertz CT molecular complexity index is 1150. The van der Waals surface area contributed by atoms with E-state index in [1.807, 2.05) is 30.3 Å². The van der Waals surface area contributed by atoms with Gasteiger partial charge in [-0.1, -0.05) is 46.3 Å². The standard InChI is InChI=1S/C19H22BrN5O4/c1-4-29-17(27)13(20)11-25-14-15(23(2)19(28)24(3)16(14)26)22-18(25)21-10-12-8-6-5-7-9-12/h5-9,13H,4,10-11H2,1-3H3,(H,21,22). The van der Waals surface area contributed by atoms with Gasteiger partial charge in [0.1, 0.15) is 4.83 Å². The second-order valence-electron chi connectivity index (χ2n) is 6.48. The molecule has 3 rings (SSSR count). The highest BCUT2D eigenvalue weighted by Crippen LogP contribution is 2.19. The second-order valence-corrected chi connectivity index (χ2v) is 7.59. The maximum Gasteiger partial charge on any atom is 0.332 e. The van der Waals surface area contributed by atoms with Crippen molar-refractivity contribution in [3.05, 3.63) is 56.7 Å². The Labute approximate surface area is 175 Å². The molecule has 0 fully saturated rings. The molecule has 0 radical (unpaired) electrons. The molecule has 0 bridgehead atoms. The zero-order valence-electron chi connectivity index (χ0n) is 16.4. The van der Waals surface area contributed by atoms with E-state index in [1.54, 1.807) is 18.5 Å². The maximum absolute atomic E-state index is 12.8. The number of anilines is 1. The third kappa shape index (κ3) is 4.12. The predicted octanol–water partition coefficient (Wildman–Crippen LogP) is 1.37. The van der Waals surface area contributed by atoms with Crippen LogP contribution >= 0.6 is 15.9 Å². The molecule has 0 spiro atoms. The zero-order valence-corrected chi connectivity index (χ0v) is 18.0. The molecule has 10 heteroatoms. The van der Waals surface area contributed by atoms with Gasteiger partial charge in [-0.2, -0.15) is 4.98 Å². The third-order valence-electron chi connectivity index (χ3n) is 4.53. The van der Waals surface area contributed by atoms with Crippen LogP contribution in [0.2, 0.25) is 0 Å². The van der Waals surface area contributed by atoms with E-state index in [-0.39, 0.29) is 24.3 Å². The number of esters is 1. The normalized spacial score (nSPS) is 12.1. The molecular weight excluding hydrogens is 442 g/mol. The lowest BCUT2D eigenvalue weighted by Crippen LogP contribution is -2.38. The first-order valence-electron chi connectivity index (χ1n) is 9.09. The molecule has 9 nitrogen and oxygen atoms in total. The number of ether oxygens (including phenoxy) is 1. The number of carbonyl (C=O) groups is 1. The summed E-state index contributed by atoms with van der Waals surface area (Å²) in [5.41, 5.74) is 0.555. The number of fused-ring (bicyclic) bond motifs is 1. The van der Waals surface area contributed by atoms with Crippen molar-refractivity contribution in [3.63, 3.8) is 0 Å². The number of nitrogens with one attached hydrogen (secondary N) is 1. The van der Waals surface area contributed by atoms with Gasteiger partial charge in [0.15, 0.2) is 11.2 Å². The Morgan fingerprint density at radius 1 is 1.21 bits per heavy atom. The number of aryl methyl sites for hydroxylation is 1. The van der Waals surface area contributed by atoms with Gasteiger partial charge in [0.2, 0.25) is 5.95 Å². The SMILES string of the molecule is CCOC(=O)C(Br)Cn1c(NCc2ccccc2)nc2c1c(=O)n(C)c(=O)n2C. The summed E-state index contributed by atoms with van der Waals surface area (Å²) in [5, 5.41) is 3.20. The third-order valence-corrected chi connectivity index (χ3v) is 5.19. The molecule has 154 valence electrons. The first-order valence-corrected chi connectivity index (χ1v) is 10.0. The lowest BCUT2D eigenvalue weighted by Gasteiger charge is -2.14. The lowest BCUT2D eigenvalue weighted by molar-refractivity contribution is -0.142. The molecule has 2 aromatic heterocycles. The van der Waals surface area contributed by atoms with Gasteiger partial charge in [-0.15, -0.1) is 0 Å². The summed E-state index contributed by atoms with van der Waals surface area (Å²) in [5.74, 6) is -0.0547. The van der Waals surface area contributed by atoms with Crippen LogP contribution in [-0.2, 0) is 36.7 Å². The Morgan fingerprint density at radius 2 is 1.90 bits per heavy atom. The van der Waals surface area contributed by atoms with Gasteiger partial charge in [-0.25, -0.2) is 4.79 Å². The summed E-state index contributed by atoms with van der Waals surface area (Å²) in [4.78, 5) is 41.0. The van der Waals surface area contributed by atoms with Crippen molar-refractivity contribution in [2.24, 2.45) is 14.1 Å². The van der Waals surface area contributed by atoms with Crippen LogP contribution in [0.15, 0.2) is 39.9 Å². The number of nitrogens with zero attached hydrogens (tertiary/aromatic N) is 4. The van der Waals surface area contributed by atoms with Crippen LogP contribution in [0.25, 0.3) is 11.2 Å². The largest absolute Gasteiger partial charge is 0.465 e. The Kier molecular flexibility index (Phi) is 6.21. The minimum atomic E-state index is -0.681. The average Bonchev–Trinajstić information content (AvgIpc) is 3.08. The van der Waals surface area contributed by atoms with E-state index >= 15 is 0 Å². The quantitative estimate of drug-likeness (QED) is 0.419. The number of alkyl halides is 1. The molecule has 0 saturated heterocycles. The van der Waals surface area contributed by atoms with Crippen LogP contribution in [0.3, 0.4) is 0 Å². The van der Waals surface area contributed by atoms with E-state index in [4.69, 9.17) is 4.74 Å². The van der Waals surface area contributed by atoms with Crippen LogP contribution < -0.4 is 16.6 Å². The van der Waals surface area contributed by atoms with E-state index in [2.05, 4.69) is 26.2 Å². The van der Waals surface area contributed by atoms with Crippen molar-refractivity contribution in [2.75, 3.05) is 11.9 Å². The van der Waals surface area contributed by atoms with Gasteiger partial charge >= 0.3 is 11.7 Å². The Morgan fingerprint density at radius 3 is 2.55 bits per heavy atom. The fourth-order valence-electron chi connectivity index (χ4n) is 3.00. The Hall–Kier alpha value is -2.88. The number of carbonyl (C=O) groups excluding carboxylic acids is 1. The van der Waals surface area contributed by atoms with Gasteiger partial charge in [0.05, 0.1) is 6.61 Å². The minimum absolute atomic E-state index is 0.111. The van der Waals surface area contributed by atoms with Crippen molar-refractivity contribution in [2.45, 2.75) is 24.8 Å². The first kappa shape index (κ1) is 20.8. The number of halogens is 1. The van der Waals surface area contributed by atoms with Crippen LogP contribution in [0.1, 0.15) is 12.5 Å². The molecule has 1 N–H and O–H groups in total. The molecule has 0 aliphatic carbocycles. The van der Waals surface area contributed by atoms with Crippen LogP contribution in [-0.4, -0.2) is 36.1 Å². The number of hydrogen-bond acceptors (Lipinski definition) is 6. The predicted molar refractivity (Wildman–Crippen MR) is 113 cm³/mol. The topological polar surface area (TPSA) is 100 Å². The van der Waals surface area contributed by atoms with Crippen molar-refractivity contribution in [1.29, 1.82) is 0 Å². The number of rotatable bonds is 7. The fraction of sp³-hybridized carbons (Fsp3) is 0.368. The van der Waals surface area contributed by atoms with E-state index in [1.165, 1.54) is 11.6 Å². The highest BCUT2D eigenvalue weighted by atomic mass is 79.9. The molecule has 1 atom stereocenters. The van der Waals surface area contributed by atoms with Crippen LogP contribution in [0.4, 0.5) is 5.95 Å². The second kappa shape index (κ2) is 8.64. The summed E-state index contributed by atoms with van der Waals surface area (Å²) >= 11 is 3.33. The van der Waals surface area contributed by atoms with Crippen molar-refractivity contribution in [1.82, 2.24) is 18.7 Å².